The molecule has 0 saturated carbocycles. The van der Waals surface area contributed by atoms with Crippen molar-refractivity contribution in [2.75, 3.05) is 13.2 Å². The largest absolute Gasteiger partial charge is 0.491 e. The minimum Gasteiger partial charge on any atom is -0.491 e. The molecule has 0 aliphatic heterocycles. The van der Waals surface area contributed by atoms with Crippen LogP contribution in [0.15, 0.2) is 60.7 Å². The van der Waals surface area contributed by atoms with E-state index in [-0.39, 0.29) is 6.61 Å². The van der Waals surface area contributed by atoms with Crippen molar-refractivity contribution in [2.24, 2.45) is 0 Å². The van der Waals surface area contributed by atoms with Crippen molar-refractivity contribution < 1.29 is 14.9 Å². The molecule has 2 N–H and O–H groups in total. The van der Waals surface area contributed by atoms with Crippen LogP contribution in [-0.4, -0.2) is 40.6 Å². The number of benzene rings is 2. The molecule has 0 amide bonds. The van der Waals surface area contributed by atoms with Gasteiger partial charge in [0.05, 0.1) is 0 Å². The molecular weight excluding hydrogens is 278 g/mol. The van der Waals surface area contributed by atoms with Crippen LogP contribution >= 0.6 is 0 Å². The first-order chi connectivity index (χ1) is 10.6. The summed E-state index contributed by atoms with van der Waals surface area (Å²) in [6, 6.07) is 19.3. The summed E-state index contributed by atoms with van der Waals surface area (Å²) in [5.74, 6) is 0.730. The lowest BCUT2D eigenvalue weighted by atomic mass is 10.2. The molecule has 0 aliphatic carbocycles. The van der Waals surface area contributed by atoms with Crippen LogP contribution in [0.2, 0.25) is 0 Å². The van der Waals surface area contributed by atoms with E-state index in [2.05, 4.69) is 0 Å². The van der Waals surface area contributed by atoms with E-state index in [0.717, 1.165) is 11.3 Å². The van der Waals surface area contributed by atoms with Gasteiger partial charge in [-0.3, -0.25) is 4.90 Å². The minimum atomic E-state index is -0.668. The number of hydrogen-bond donors (Lipinski definition) is 2. The van der Waals surface area contributed by atoms with E-state index in [1.54, 1.807) is 6.92 Å². The highest BCUT2D eigenvalue weighted by Gasteiger charge is 2.16. The highest BCUT2D eigenvalue weighted by atomic mass is 16.5. The van der Waals surface area contributed by atoms with E-state index in [4.69, 9.17) is 4.74 Å². The van der Waals surface area contributed by atoms with E-state index in [1.807, 2.05) is 65.6 Å². The Balaban J connectivity index is 1.85. The maximum Gasteiger partial charge on any atom is 0.119 e. The molecule has 0 bridgehead atoms. The third-order valence-electron chi connectivity index (χ3n) is 3.39. The highest BCUT2D eigenvalue weighted by Crippen LogP contribution is 2.11. The maximum atomic E-state index is 10.1. The summed E-state index contributed by atoms with van der Waals surface area (Å²) >= 11 is 0. The fourth-order valence-electron chi connectivity index (χ4n) is 2.20. The summed E-state index contributed by atoms with van der Waals surface area (Å²) in [7, 11) is 0. The molecule has 2 unspecified atom stereocenters. The van der Waals surface area contributed by atoms with E-state index < -0.39 is 12.3 Å². The van der Waals surface area contributed by atoms with Gasteiger partial charge in [0.15, 0.2) is 0 Å². The van der Waals surface area contributed by atoms with E-state index in [1.165, 1.54) is 0 Å². The third-order valence-corrected chi connectivity index (χ3v) is 3.39. The fourth-order valence-corrected chi connectivity index (χ4v) is 2.20. The van der Waals surface area contributed by atoms with Gasteiger partial charge in [0.25, 0.3) is 0 Å². The Hall–Kier alpha value is -1.88. The van der Waals surface area contributed by atoms with E-state index in [9.17, 15) is 10.2 Å². The van der Waals surface area contributed by atoms with Gasteiger partial charge in [-0.05, 0) is 24.6 Å². The molecule has 4 nitrogen and oxygen atoms in total. The normalized spacial score (nSPS) is 13.8. The molecule has 2 aromatic rings. The molecule has 4 heteroatoms. The van der Waals surface area contributed by atoms with E-state index in [0.29, 0.717) is 13.1 Å². The number of hydrogen-bond acceptors (Lipinski definition) is 4. The first kappa shape index (κ1) is 16.5. The average Bonchev–Trinajstić information content (AvgIpc) is 2.54. The quantitative estimate of drug-likeness (QED) is 0.734. The number of ether oxygens (including phenoxy) is 1. The lowest BCUT2D eigenvalue weighted by Crippen LogP contribution is -2.40. The Bertz CT molecular complexity index is 531. The number of aliphatic hydroxyl groups excluding tert-OH is 2. The lowest BCUT2D eigenvalue weighted by Gasteiger charge is -2.27. The molecule has 22 heavy (non-hydrogen) atoms. The SMILES string of the molecule is CC(O)N(Cc1ccccc1)CC(O)COc1ccccc1. The number of nitrogens with zero attached hydrogens (tertiary/aromatic N) is 1. The Morgan fingerprint density at radius 2 is 1.55 bits per heavy atom. The molecule has 0 radical (unpaired) electrons. The monoisotopic (exact) mass is 301 g/mol. The zero-order chi connectivity index (χ0) is 15.8. The van der Waals surface area contributed by atoms with Crippen LogP contribution in [-0.2, 0) is 6.54 Å². The first-order valence-corrected chi connectivity index (χ1v) is 7.47. The highest BCUT2D eigenvalue weighted by molar-refractivity contribution is 5.21. The molecule has 0 heterocycles. The van der Waals surface area contributed by atoms with Gasteiger partial charge in [-0.25, -0.2) is 0 Å². The van der Waals surface area contributed by atoms with Crippen LogP contribution in [0.25, 0.3) is 0 Å². The van der Waals surface area contributed by atoms with Crippen molar-refractivity contribution in [3.05, 3.63) is 66.2 Å². The van der Waals surface area contributed by atoms with Crippen molar-refractivity contribution in [3.8, 4) is 5.75 Å². The second-order valence-corrected chi connectivity index (χ2v) is 5.32. The second-order valence-electron chi connectivity index (χ2n) is 5.32. The summed E-state index contributed by atoms with van der Waals surface area (Å²) in [6.07, 6.45) is -1.30. The van der Waals surface area contributed by atoms with Crippen molar-refractivity contribution in [3.63, 3.8) is 0 Å². The maximum absolute atomic E-state index is 10.1. The Labute approximate surface area is 131 Å². The summed E-state index contributed by atoms with van der Waals surface area (Å²) in [5, 5.41) is 20.0. The van der Waals surface area contributed by atoms with Crippen molar-refractivity contribution in [1.29, 1.82) is 0 Å². The van der Waals surface area contributed by atoms with Crippen LogP contribution in [0.1, 0.15) is 12.5 Å². The lowest BCUT2D eigenvalue weighted by molar-refractivity contribution is -0.0253. The van der Waals surface area contributed by atoms with Gasteiger partial charge in [0.1, 0.15) is 24.7 Å². The van der Waals surface area contributed by atoms with Gasteiger partial charge >= 0.3 is 0 Å². The van der Waals surface area contributed by atoms with Gasteiger partial charge < -0.3 is 14.9 Å². The Morgan fingerprint density at radius 3 is 2.14 bits per heavy atom. The van der Waals surface area contributed by atoms with Gasteiger partial charge in [-0.15, -0.1) is 0 Å². The van der Waals surface area contributed by atoms with E-state index >= 15 is 0 Å². The zero-order valence-corrected chi connectivity index (χ0v) is 12.8. The molecule has 2 atom stereocenters. The zero-order valence-electron chi connectivity index (χ0n) is 12.8. The van der Waals surface area contributed by atoms with Gasteiger partial charge in [-0.1, -0.05) is 48.5 Å². The molecule has 0 aromatic heterocycles. The molecule has 0 fully saturated rings. The first-order valence-electron chi connectivity index (χ1n) is 7.47. The molecule has 0 spiro atoms. The topological polar surface area (TPSA) is 52.9 Å². The molecule has 118 valence electrons. The summed E-state index contributed by atoms with van der Waals surface area (Å²) in [6.45, 7) is 2.83. The van der Waals surface area contributed by atoms with Gasteiger partial charge in [0, 0.05) is 13.1 Å². The second kappa shape index (κ2) is 8.54. The predicted octanol–water partition coefficient (Wildman–Crippen LogP) is 2.27. The van der Waals surface area contributed by atoms with Gasteiger partial charge in [0.2, 0.25) is 0 Å². The number of aliphatic hydroxyl groups is 2. The smallest absolute Gasteiger partial charge is 0.119 e. The third kappa shape index (κ3) is 5.48. The van der Waals surface area contributed by atoms with Crippen LogP contribution in [0.4, 0.5) is 0 Å². The number of rotatable bonds is 8. The van der Waals surface area contributed by atoms with Crippen LogP contribution < -0.4 is 4.74 Å². The summed E-state index contributed by atoms with van der Waals surface area (Å²) in [5.41, 5.74) is 1.10. The summed E-state index contributed by atoms with van der Waals surface area (Å²) < 4.78 is 5.54. The van der Waals surface area contributed by atoms with Crippen LogP contribution in [0, 0.1) is 0 Å². The molecule has 0 saturated heterocycles. The average molecular weight is 301 g/mol. The van der Waals surface area contributed by atoms with Crippen LogP contribution in [0.5, 0.6) is 5.75 Å². The minimum absolute atomic E-state index is 0.196. The number of para-hydroxylation sites is 1. The molecule has 0 aliphatic rings. The van der Waals surface area contributed by atoms with Crippen molar-refractivity contribution >= 4 is 0 Å². The van der Waals surface area contributed by atoms with Crippen molar-refractivity contribution in [2.45, 2.75) is 25.8 Å². The molecule has 2 rings (SSSR count). The predicted molar refractivity (Wildman–Crippen MR) is 86.5 cm³/mol. The Morgan fingerprint density at radius 1 is 0.955 bits per heavy atom. The van der Waals surface area contributed by atoms with Gasteiger partial charge in [-0.2, -0.15) is 0 Å². The van der Waals surface area contributed by atoms with Crippen LogP contribution in [0.3, 0.4) is 0 Å². The summed E-state index contributed by atoms with van der Waals surface area (Å²) in [4.78, 5) is 1.81. The standard InChI is InChI=1S/C18H23NO3/c1-15(20)19(12-16-8-4-2-5-9-16)13-17(21)14-22-18-10-6-3-7-11-18/h2-11,15,17,20-21H,12-14H2,1H3. The fraction of sp³-hybridized carbons (Fsp3) is 0.333. The van der Waals surface area contributed by atoms with Crippen molar-refractivity contribution in [1.82, 2.24) is 4.90 Å². The molecular formula is C18H23NO3. The Kier molecular flexibility index (Phi) is 6.40. The molecule has 2 aromatic carbocycles.